The SMILES string of the molecule is CCCC1(C)CC(=O)N(C)C(=O)C1. The molecule has 0 aromatic rings. The Labute approximate surface area is 79.1 Å². The molecule has 1 heterocycles. The summed E-state index contributed by atoms with van der Waals surface area (Å²) in [4.78, 5) is 24.0. The van der Waals surface area contributed by atoms with Crippen LogP contribution in [0.2, 0.25) is 0 Å². The molecule has 1 aliphatic heterocycles. The Balaban J connectivity index is 2.73. The highest BCUT2D eigenvalue weighted by atomic mass is 16.2. The highest BCUT2D eigenvalue weighted by Crippen LogP contribution is 2.36. The van der Waals surface area contributed by atoms with Crippen LogP contribution in [0.25, 0.3) is 0 Å². The molecule has 1 aliphatic rings. The van der Waals surface area contributed by atoms with Crippen molar-refractivity contribution in [3.8, 4) is 0 Å². The Kier molecular flexibility index (Phi) is 2.74. The largest absolute Gasteiger partial charge is 0.286 e. The van der Waals surface area contributed by atoms with Crippen LogP contribution in [-0.2, 0) is 9.59 Å². The van der Waals surface area contributed by atoms with E-state index in [1.807, 2.05) is 6.92 Å². The minimum atomic E-state index is -0.0879. The molecule has 0 aromatic carbocycles. The first-order chi connectivity index (χ1) is 5.98. The first-order valence-corrected chi connectivity index (χ1v) is 4.78. The third kappa shape index (κ3) is 2.08. The molecule has 0 radical (unpaired) electrons. The average Bonchev–Trinajstić information content (AvgIpc) is 2.00. The molecule has 74 valence electrons. The van der Waals surface area contributed by atoms with Gasteiger partial charge in [-0.25, -0.2) is 0 Å². The Morgan fingerprint density at radius 2 is 1.77 bits per heavy atom. The molecule has 2 amide bonds. The van der Waals surface area contributed by atoms with Crippen LogP contribution in [0.5, 0.6) is 0 Å². The fourth-order valence-electron chi connectivity index (χ4n) is 1.95. The van der Waals surface area contributed by atoms with E-state index in [1.165, 1.54) is 4.90 Å². The van der Waals surface area contributed by atoms with Crippen molar-refractivity contribution in [2.24, 2.45) is 5.41 Å². The minimum Gasteiger partial charge on any atom is -0.286 e. The van der Waals surface area contributed by atoms with Gasteiger partial charge in [0, 0.05) is 19.9 Å². The van der Waals surface area contributed by atoms with Gasteiger partial charge in [-0.3, -0.25) is 14.5 Å². The first-order valence-electron chi connectivity index (χ1n) is 4.78. The lowest BCUT2D eigenvalue weighted by molar-refractivity contribution is -0.151. The van der Waals surface area contributed by atoms with E-state index in [9.17, 15) is 9.59 Å². The monoisotopic (exact) mass is 183 g/mol. The van der Waals surface area contributed by atoms with Gasteiger partial charge < -0.3 is 0 Å². The maximum atomic E-state index is 11.4. The van der Waals surface area contributed by atoms with E-state index < -0.39 is 0 Å². The molecule has 0 aliphatic carbocycles. The molecular weight excluding hydrogens is 166 g/mol. The zero-order chi connectivity index (χ0) is 10.1. The van der Waals surface area contributed by atoms with Crippen LogP contribution < -0.4 is 0 Å². The van der Waals surface area contributed by atoms with Crippen molar-refractivity contribution < 1.29 is 9.59 Å². The van der Waals surface area contributed by atoms with E-state index in [4.69, 9.17) is 0 Å². The molecule has 1 rings (SSSR count). The topological polar surface area (TPSA) is 37.4 Å². The van der Waals surface area contributed by atoms with Gasteiger partial charge in [-0.2, -0.15) is 0 Å². The third-order valence-corrected chi connectivity index (χ3v) is 2.76. The smallest absolute Gasteiger partial charge is 0.229 e. The summed E-state index contributed by atoms with van der Waals surface area (Å²) in [6.45, 7) is 4.11. The molecule has 0 bridgehead atoms. The van der Waals surface area contributed by atoms with Gasteiger partial charge in [-0.1, -0.05) is 20.3 Å². The summed E-state index contributed by atoms with van der Waals surface area (Å²) in [7, 11) is 1.57. The lowest BCUT2D eigenvalue weighted by atomic mass is 9.76. The van der Waals surface area contributed by atoms with Crippen LogP contribution >= 0.6 is 0 Å². The van der Waals surface area contributed by atoms with Gasteiger partial charge in [0.05, 0.1) is 0 Å². The second-order valence-corrected chi connectivity index (χ2v) is 4.26. The molecule has 3 heteroatoms. The zero-order valence-electron chi connectivity index (χ0n) is 8.59. The summed E-state index contributed by atoms with van der Waals surface area (Å²) in [6, 6.07) is 0. The number of carbonyl (C=O) groups is 2. The number of imide groups is 1. The van der Waals surface area contributed by atoms with E-state index in [-0.39, 0.29) is 17.2 Å². The molecule has 0 saturated carbocycles. The molecular formula is C10H17NO2. The quantitative estimate of drug-likeness (QED) is 0.609. The highest BCUT2D eigenvalue weighted by molar-refractivity contribution is 5.98. The highest BCUT2D eigenvalue weighted by Gasteiger charge is 2.37. The summed E-state index contributed by atoms with van der Waals surface area (Å²) in [5, 5.41) is 0. The van der Waals surface area contributed by atoms with Crippen LogP contribution in [-0.4, -0.2) is 23.8 Å². The third-order valence-electron chi connectivity index (χ3n) is 2.76. The maximum Gasteiger partial charge on any atom is 0.229 e. The van der Waals surface area contributed by atoms with E-state index in [0.717, 1.165) is 12.8 Å². The Morgan fingerprint density at radius 1 is 1.31 bits per heavy atom. The van der Waals surface area contributed by atoms with Crippen molar-refractivity contribution in [3.63, 3.8) is 0 Å². The molecule has 1 saturated heterocycles. The molecule has 1 fully saturated rings. The van der Waals surface area contributed by atoms with Crippen molar-refractivity contribution in [2.45, 2.75) is 39.5 Å². The standard InChI is InChI=1S/C10H17NO2/c1-4-5-10(2)6-8(12)11(3)9(13)7-10/h4-7H2,1-3H3. The molecule has 0 aromatic heterocycles. The number of rotatable bonds is 2. The van der Waals surface area contributed by atoms with Crippen LogP contribution in [0.1, 0.15) is 39.5 Å². The number of amides is 2. The Hall–Kier alpha value is -0.860. The van der Waals surface area contributed by atoms with E-state index in [2.05, 4.69) is 6.92 Å². The maximum absolute atomic E-state index is 11.4. The van der Waals surface area contributed by atoms with Gasteiger partial charge >= 0.3 is 0 Å². The van der Waals surface area contributed by atoms with Crippen molar-refractivity contribution in [1.29, 1.82) is 0 Å². The summed E-state index contributed by atoms with van der Waals surface area (Å²) < 4.78 is 0. The normalized spacial score (nSPS) is 22.2. The molecule has 13 heavy (non-hydrogen) atoms. The average molecular weight is 183 g/mol. The van der Waals surface area contributed by atoms with Crippen LogP contribution in [0.3, 0.4) is 0 Å². The summed E-state index contributed by atoms with van der Waals surface area (Å²) in [5.41, 5.74) is -0.0879. The Bertz CT molecular complexity index is 217. The summed E-state index contributed by atoms with van der Waals surface area (Å²) >= 11 is 0. The molecule has 0 atom stereocenters. The second kappa shape index (κ2) is 3.48. The Morgan fingerprint density at radius 3 is 2.15 bits per heavy atom. The minimum absolute atomic E-state index is 0.0350. The van der Waals surface area contributed by atoms with Gasteiger partial charge in [-0.05, 0) is 11.8 Å². The van der Waals surface area contributed by atoms with Crippen molar-refractivity contribution in [2.75, 3.05) is 7.05 Å². The van der Waals surface area contributed by atoms with Crippen molar-refractivity contribution >= 4 is 11.8 Å². The molecule has 0 spiro atoms. The van der Waals surface area contributed by atoms with Crippen molar-refractivity contribution in [3.05, 3.63) is 0 Å². The lowest BCUT2D eigenvalue weighted by Crippen LogP contribution is -2.44. The molecule has 0 N–H and O–H groups in total. The van der Waals surface area contributed by atoms with Gasteiger partial charge in [0.15, 0.2) is 0 Å². The van der Waals surface area contributed by atoms with Crippen LogP contribution in [0.4, 0.5) is 0 Å². The van der Waals surface area contributed by atoms with Crippen molar-refractivity contribution in [1.82, 2.24) is 4.90 Å². The fraction of sp³-hybridized carbons (Fsp3) is 0.800. The van der Waals surface area contributed by atoms with Crippen LogP contribution in [0.15, 0.2) is 0 Å². The number of carbonyl (C=O) groups excluding carboxylic acids is 2. The number of likely N-dealkylation sites (tertiary alicyclic amines) is 1. The van der Waals surface area contributed by atoms with Gasteiger partial charge in [0.25, 0.3) is 0 Å². The first kappa shape index (κ1) is 10.2. The predicted molar refractivity (Wildman–Crippen MR) is 50.0 cm³/mol. The van der Waals surface area contributed by atoms with E-state index in [0.29, 0.717) is 12.8 Å². The summed E-state index contributed by atoms with van der Waals surface area (Å²) in [6.07, 6.45) is 3.02. The fourth-order valence-corrected chi connectivity index (χ4v) is 1.95. The lowest BCUT2D eigenvalue weighted by Gasteiger charge is -2.35. The van der Waals surface area contributed by atoms with Gasteiger partial charge in [-0.15, -0.1) is 0 Å². The van der Waals surface area contributed by atoms with E-state index >= 15 is 0 Å². The molecule has 3 nitrogen and oxygen atoms in total. The second-order valence-electron chi connectivity index (χ2n) is 4.26. The van der Waals surface area contributed by atoms with Crippen LogP contribution in [0, 0.1) is 5.41 Å². The number of piperidine rings is 1. The van der Waals surface area contributed by atoms with Gasteiger partial charge in [0.2, 0.25) is 11.8 Å². The molecule has 0 unspecified atom stereocenters. The number of hydrogen-bond acceptors (Lipinski definition) is 2. The number of hydrogen-bond donors (Lipinski definition) is 0. The summed E-state index contributed by atoms with van der Waals surface area (Å²) in [5.74, 6) is -0.0700. The number of nitrogens with zero attached hydrogens (tertiary/aromatic N) is 1. The zero-order valence-corrected chi connectivity index (χ0v) is 8.59. The predicted octanol–water partition coefficient (Wildman–Crippen LogP) is 1.57. The van der Waals surface area contributed by atoms with Gasteiger partial charge in [0.1, 0.15) is 0 Å². The van der Waals surface area contributed by atoms with E-state index in [1.54, 1.807) is 7.05 Å².